The van der Waals surface area contributed by atoms with Crippen LogP contribution in [0, 0.1) is 11.6 Å². The van der Waals surface area contributed by atoms with E-state index in [1.54, 1.807) is 35.1 Å². The van der Waals surface area contributed by atoms with Gasteiger partial charge in [0.05, 0.1) is 57.2 Å². The molecule has 3 saturated carbocycles. The molecule has 6 aromatic heterocycles. The van der Waals surface area contributed by atoms with Crippen molar-refractivity contribution in [1.29, 1.82) is 0 Å². The van der Waals surface area contributed by atoms with Crippen LogP contribution in [0.1, 0.15) is 126 Å². The topological polar surface area (TPSA) is 155 Å². The van der Waals surface area contributed by atoms with E-state index in [1.165, 1.54) is 33.2 Å². The molecule has 5 aliphatic rings. The molecule has 2 aliphatic heterocycles. The summed E-state index contributed by atoms with van der Waals surface area (Å²) >= 11 is 0. The Labute approximate surface area is 368 Å². The van der Waals surface area contributed by atoms with Gasteiger partial charge in [-0.3, -0.25) is 28.1 Å². The lowest BCUT2D eigenvalue weighted by molar-refractivity contribution is 0.0675. The third-order valence-electron chi connectivity index (χ3n) is 14.6. The van der Waals surface area contributed by atoms with Crippen molar-refractivity contribution in [1.82, 2.24) is 48.1 Å². The minimum atomic E-state index is -0.753. The Morgan fingerprint density at radius 3 is 2.48 bits per heavy atom. The molecule has 65 heavy (non-hydrogen) atoms. The van der Waals surface area contributed by atoms with Crippen LogP contribution in [0.4, 0.5) is 8.78 Å². The van der Waals surface area contributed by atoms with Gasteiger partial charge in [-0.25, -0.2) is 23.1 Å². The Morgan fingerprint density at radius 1 is 0.908 bits per heavy atom. The molecular weight excluding hydrogens is 835 g/mol. The maximum absolute atomic E-state index is 16.4. The molecule has 4 fully saturated rings. The predicted molar refractivity (Wildman–Crippen MR) is 232 cm³/mol. The highest BCUT2D eigenvalue weighted by molar-refractivity contribution is 5.98. The summed E-state index contributed by atoms with van der Waals surface area (Å²) in [4.78, 5) is 47.1. The zero-order chi connectivity index (χ0) is 43.9. The number of H-pyrrole nitrogens is 1. The van der Waals surface area contributed by atoms with Crippen molar-refractivity contribution in [2.24, 2.45) is 0 Å². The zero-order valence-corrected chi connectivity index (χ0v) is 35.5. The Morgan fingerprint density at radius 2 is 1.72 bits per heavy atom. The number of amides is 1. The van der Waals surface area contributed by atoms with Crippen LogP contribution in [0.25, 0.3) is 33.6 Å². The lowest BCUT2D eigenvalue weighted by Crippen LogP contribution is -2.40. The van der Waals surface area contributed by atoms with Crippen molar-refractivity contribution < 1.29 is 22.8 Å². The minimum absolute atomic E-state index is 0.0786. The van der Waals surface area contributed by atoms with Crippen LogP contribution in [0.2, 0.25) is 0 Å². The summed E-state index contributed by atoms with van der Waals surface area (Å²) < 4.78 is 50.6. The van der Waals surface area contributed by atoms with Crippen LogP contribution in [-0.2, 0) is 16.6 Å². The summed E-state index contributed by atoms with van der Waals surface area (Å²) in [5.74, 6) is -0.545. The smallest absolute Gasteiger partial charge is 0.381 e. The van der Waals surface area contributed by atoms with Crippen molar-refractivity contribution in [3.8, 4) is 17.2 Å². The molecule has 1 amide bonds. The second kappa shape index (κ2) is 14.1. The standard InChI is InChI=1S/C48H44F2N10O5/c1-26-40-37(11-17-55(26)44(61)34-24-32-22-29(27-12-20-64-21-13-27)10-16-56(32)42(34)48(14-15-48)45-52-46(62)65-54-45)53-60(31-6-7-36(49)33(23-31)28-2-3-28)43(40)58-19-18-57(47(58)63)39-9-8-38-35(41(39)50)25-51-59(38)30-4-5-30/h6-10,16,18-19,22-28,30H,2-5,11-15,17,20-21H2,1H3,(H,52,54,62). The highest BCUT2D eigenvalue weighted by atomic mass is 19.1. The average Bonchev–Trinajstić information content (AvgIpc) is 4.29. The van der Waals surface area contributed by atoms with E-state index < -0.39 is 28.7 Å². The Hall–Kier alpha value is -6.88. The molecular formula is C48H44F2N10O5. The van der Waals surface area contributed by atoms with Gasteiger partial charge in [-0.2, -0.15) is 10.2 Å². The van der Waals surface area contributed by atoms with E-state index in [0.717, 1.165) is 49.7 Å². The fourth-order valence-electron chi connectivity index (χ4n) is 10.7. The first-order valence-electron chi connectivity index (χ1n) is 22.7. The van der Waals surface area contributed by atoms with Crippen molar-refractivity contribution >= 4 is 22.3 Å². The number of benzene rings is 2. The Kier molecular flexibility index (Phi) is 8.34. The molecule has 17 heteroatoms. The van der Waals surface area contributed by atoms with Crippen LogP contribution in [0.5, 0.6) is 0 Å². The van der Waals surface area contributed by atoms with Crippen molar-refractivity contribution in [2.75, 3.05) is 19.8 Å². The summed E-state index contributed by atoms with van der Waals surface area (Å²) in [6, 6.07) is 14.1. The van der Waals surface area contributed by atoms with Gasteiger partial charge in [0, 0.05) is 61.5 Å². The zero-order valence-electron chi connectivity index (χ0n) is 35.5. The lowest BCUT2D eigenvalue weighted by Gasteiger charge is -2.34. The molecule has 1 atom stereocenters. The fraction of sp³-hybridized carbons (Fsp3) is 0.375. The molecule has 1 saturated heterocycles. The van der Waals surface area contributed by atoms with Gasteiger partial charge < -0.3 is 14.0 Å². The van der Waals surface area contributed by atoms with E-state index in [0.29, 0.717) is 95.6 Å². The van der Waals surface area contributed by atoms with Crippen molar-refractivity contribution in [3.63, 3.8) is 0 Å². The number of nitrogens with zero attached hydrogens (tertiary/aromatic N) is 9. The normalized spacial score (nSPS) is 19.7. The second-order valence-corrected chi connectivity index (χ2v) is 18.5. The fourth-order valence-corrected chi connectivity index (χ4v) is 10.7. The molecule has 8 heterocycles. The number of nitrogens with one attached hydrogen (secondary N) is 1. The number of ether oxygens (including phenoxy) is 1. The molecule has 13 rings (SSSR count). The number of fused-ring (bicyclic) bond motifs is 3. The number of aromatic amines is 1. The van der Waals surface area contributed by atoms with Gasteiger partial charge in [0.1, 0.15) is 11.6 Å². The molecule has 0 spiro atoms. The summed E-state index contributed by atoms with van der Waals surface area (Å²) in [5.41, 5.74) is 5.19. The Bertz CT molecular complexity index is 3380. The van der Waals surface area contributed by atoms with E-state index in [1.807, 2.05) is 33.2 Å². The molecule has 0 radical (unpaired) electrons. The first-order chi connectivity index (χ1) is 31.7. The van der Waals surface area contributed by atoms with Gasteiger partial charge >= 0.3 is 11.4 Å². The maximum atomic E-state index is 16.4. The number of carbonyl (C=O) groups excluding carboxylic acids is 1. The van der Waals surface area contributed by atoms with Gasteiger partial charge in [-0.05, 0) is 130 Å². The number of pyridine rings is 1. The third-order valence-corrected chi connectivity index (χ3v) is 14.6. The third kappa shape index (κ3) is 5.93. The second-order valence-electron chi connectivity index (χ2n) is 18.5. The van der Waals surface area contributed by atoms with Crippen LogP contribution >= 0.6 is 0 Å². The minimum Gasteiger partial charge on any atom is -0.381 e. The quantitative estimate of drug-likeness (QED) is 0.158. The molecule has 3 aliphatic carbocycles. The number of hydrogen-bond donors (Lipinski definition) is 1. The van der Waals surface area contributed by atoms with Gasteiger partial charge in [-0.15, -0.1) is 0 Å². The van der Waals surface area contributed by atoms with Crippen LogP contribution in [0.15, 0.2) is 87.4 Å². The SMILES string of the molecule is CC1c2c(nn(-c3ccc(F)c(C4CC4)c3)c2-n2ccn(-c3ccc4c(cnn4C4CC4)c3F)c2=O)CCN1C(=O)c1cc2cc(C3CCOCC3)ccn2c1C1(c2noc(=O)[nH]2)CC1. The molecule has 15 nitrogen and oxygen atoms in total. The van der Waals surface area contributed by atoms with E-state index in [9.17, 15) is 9.59 Å². The van der Waals surface area contributed by atoms with Crippen molar-refractivity contribution in [3.05, 3.63) is 145 Å². The predicted octanol–water partition coefficient (Wildman–Crippen LogP) is 7.32. The van der Waals surface area contributed by atoms with Crippen LogP contribution < -0.4 is 11.4 Å². The molecule has 1 unspecified atom stereocenters. The van der Waals surface area contributed by atoms with E-state index in [4.69, 9.17) is 14.4 Å². The number of carbonyl (C=O) groups is 1. The lowest BCUT2D eigenvalue weighted by atomic mass is 9.92. The summed E-state index contributed by atoms with van der Waals surface area (Å²) in [6.07, 6.45) is 13.9. The maximum Gasteiger partial charge on any atom is 0.438 e. The van der Waals surface area contributed by atoms with Crippen LogP contribution in [-0.4, -0.2) is 73.8 Å². The van der Waals surface area contributed by atoms with Gasteiger partial charge in [0.2, 0.25) is 0 Å². The average molecular weight is 879 g/mol. The van der Waals surface area contributed by atoms with Gasteiger partial charge in [0.15, 0.2) is 11.6 Å². The van der Waals surface area contributed by atoms with Crippen molar-refractivity contribution in [2.45, 2.75) is 94.0 Å². The Balaban J connectivity index is 0.943. The molecule has 8 aromatic rings. The van der Waals surface area contributed by atoms with Gasteiger partial charge in [0.25, 0.3) is 5.91 Å². The summed E-state index contributed by atoms with van der Waals surface area (Å²) in [7, 11) is 0. The highest BCUT2D eigenvalue weighted by Crippen LogP contribution is 2.54. The highest BCUT2D eigenvalue weighted by Gasteiger charge is 2.54. The van der Waals surface area contributed by atoms with Gasteiger partial charge in [-0.1, -0.05) is 5.16 Å². The summed E-state index contributed by atoms with van der Waals surface area (Å²) in [6.45, 7) is 3.64. The molecule has 330 valence electrons. The molecule has 1 N–H and O–H groups in total. The van der Waals surface area contributed by atoms with E-state index >= 15 is 13.6 Å². The number of aromatic nitrogens is 9. The summed E-state index contributed by atoms with van der Waals surface area (Å²) in [5, 5.41) is 14.0. The molecule has 0 bridgehead atoms. The van der Waals surface area contributed by atoms with Crippen LogP contribution in [0.3, 0.4) is 0 Å². The first kappa shape index (κ1) is 38.6. The van der Waals surface area contributed by atoms with E-state index in [-0.39, 0.29) is 29.4 Å². The van der Waals surface area contributed by atoms with E-state index in [2.05, 4.69) is 27.4 Å². The molecule has 2 aromatic carbocycles. The number of halogens is 2. The monoisotopic (exact) mass is 878 g/mol. The number of hydrogen-bond acceptors (Lipinski definition) is 8. The number of rotatable bonds is 9. The number of imidazole rings is 1. The largest absolute Gasteiger partial charge is 0.438 e. The first-order valence-corrected chi connectivity index (χ1v) is 22.7.